The molecule has 0 fully saturated rings. The number of ether oxygens (including phenoxy) is 1. The fourth-order valence-electron chi connectivity index (χ4n) is 2.37. The lowest BCUT2D eigenvalue weighted by atomic mass is 10.2. The lowest BCUT2D eigenvalue weighted by Gasteiger charge is -2.13. The van der Waals surface area contributed by atoms with Crippen LogP contribution in [-0.2, 0) is 11.3 Å². The summed E-state index contributed by atoms with van der Waals surface area (Å²) in [5, 5.41) is 0. The molecular weight excluding hydrogens is 312 g/mol. The van der Waals surface area contributed by atoms with Crippen LogP contribution in [-0.4, -0.2) is 45.3 Å². The molecule has 1 amide bonds. The standard InChI is InChI=1S/C16H16N4O4/c1-10-12(15(22)23-3)7-11(24-10)8-19(2)14(21)13-9-20-6-4-5-17-16(20)18-13/h4-7,9H,8H2,1-3H3. The summed E-state index contributed by atoms with van der Waals surface area (Å²) in [5.41, 5.74) is 0.637. The molecule has 0 aromatic carbocycles. The van der Waals surface area contributed by atoms with Crippen molar-refractivity contribution in [3.8, 4) is 0 Å². The van der Waals surface area contributed by atoms with E-state index in [1.165, 1.54) is 12.0 Å². The summed E-state index contributed by atoms with van der Waals surface area (Å²) >= 11 is 0. The number of imidazole rings is 1. The molecule has 0 aliphatic heterocycles. The van der Waals surface area contributed by atoms with Crippen molar-refractivity contribution in [1.29, 1.82) is 0 Å². The van der Waals surface area contributed by atoms with E-state index in [0.717, 1.165) is 0 Å². The van der Waals surface area contributed by atoms with Gasteiger partial charge in [0.05, 0.1) is 13.7 Å². The molecule has 3 heterocycles. The van der Waals surface area contributed by atoms with E-state index in [1.807, 2.05) is 0 Å². The maximum absolute atomic E-state index is 12.5. The van der Waals surface area contributed by atoms with Crippen molar-refractivity contribution in [3.05, 3.63) is 53.5 Å². The van der Waals surface area contributed by atoms with Crippen LogP contribution >= 0.6 is 0 Å². The van der Waals surface area contributed by atoms with E-state index in [4.69, 9.17) is 4.42 Å². The van der Waals surface area contributed by atoms with Crippen molar-refractivity contribution in [1.82, 2.24) is 19.3 Å². The fraction of sp³-hybridized carbons (Fsp3) is 0.250. The number of hydrogen-bond acceptors (Lipinski definition) is 6. The summed E-state index contributed by atoms with van der Waals surface area (Å²) in [7, 11) is 2.94. The van der Waals surface area contributed by atoms with E-state index in [-0.39, 0.29) is 18.1 Å². The van der Waals surface area contributed by atoms with Gasteiger partial charge in [0.2, 0.25) is 5.78 Å². The van der Waals surface area contributed by atoms with Crippen molar-refractivity contribution in [2.45, 2.75) is 13.5 Å². The molecule has 3 aromatic heterocycles. The average Bonchev–Trinajstić information content (AvgIpc) is 3.16. The molecule has 3 rings (SSSR count). The minimum atomic E-state index is -0.470. The van der Waals surface area contributed by atoms with Gasteiger partial charge in [-0.15, -0.1) is 0 Å². The van der Waals surface area contributed by atoms with Crippen molar-refractivity contribution in [2.24, 2.45) is 0 Å². The zero-order chi connectivity index (χ0) is 17.3. The molecule has 0 atom stereocenters. The predicted octanol–water partition coefficient (Wildman–Crippen LogP) is 1.69. The number of rotatable bonds is 4. The Hall–Kier alpha value is -3.16. The van der Waals surface area contributed by atoms with Crippen molar-refractivity contribution in [2.75, 3.05) is 14.2 Å². The van der Waals surface area contributed by atoms with Crippen molar-refractivity contribution >= 4 is 17.7 Å². The SMILES string of the molecule is COC(=O)c1cc(CN(C)C(=O)c2cn3cccnc3n2)oc1C. The van der Waals surface area contributed by atoms with Gasteiger partial charge in [-0.3, -0.25) is 9.20 Å². The molecule has 124 valence electrons. The number of carbonyl (C=O) groups excluding carboxylic acids is 2. The molecule has 0 spiro atoms. The van der Waals surface area contributed by atoms with Crippen LogP contribution in [0.25, 0.3) is 5.78 Å². The van der Waals surface area contributed by atoms with Gasteiger partial charge in [0, 0.05) is 25.6 Å². The van der Waals surface area contributed by atoms with Crippen LogP contribution in [0.4, 0.5) is 0 Å². The van der Waals surface area contributed by atoms with Crippen LogP contribution in [0, 0.1) is 6.92 Å². The predicted molar refractivity (Wildman–Crippen MR) is 83.6 cm³/mol. The van der Waals surface area contributed by atoms with E-state index < -0.39 is 5.97 Å². The Balaban J connectivity index is 1.78. The summed E-state index contributed by atoms with van der Waals surface area (Å²) < 4.78 is 11.9. The monoisotopic (exact) mass is 328 g/mol. The number of fused-ring (bicyclic) bond motifs is 1. The second-order valence-electron chi connectivity index (χ2n) is 5.29. The second-order valence-corrected chi connectivity index (χ2v) is 5.29. The summed E-state index contributed by atoms with van der Waals surface area (Å²) in [6, 6.07) is 3.34. The molecule has 0 saturated carbocycles. The minimum absolute atomic E-state index is 0.206. The topological polar surface area (TPSA) is 89.9 Å². The minimum Gasteiger partial charge on any atom is -0.465 e. The van der Waals surface area contributed by atoms with E-state index in [0.29, 0.717) is 22.9 Å². The number of esters is 1. The van der Waals surface area contributed by atoms with Gasteiger partial charge >= 0.3 is 5.97 Å². The third-order valence-electron chi connectivity index (χ3n) is 3.57. The van der Waals surface area contributed by atoms with E-state index in [1.54, 1.807) is 49.1 Å². The summed E-state index contributed by atoms with van der Waals surface area (Å²) in [4.78, 5) is 33.8. The zero-order valence-electron chi connectivity index (χ0n) is 13.5. The molecular formula is C16H16N4O4. The van der Waals surface area contributed by atoms with Gasteiger partial charge in [-0.05, 0) is 19.1 Å². The second kappa shape index (κ2) is 6.15. The maximum Gasteiger partial charge on any atom is 0.341 e. The molecule has 0 bridgehead atoms. The molecule has 24 heavy (non-hydrogen) atoms. The van der Waals surface area contributed by atoms with Crippen LogP contribution in [0.1, 0.15) is 32.4 Å². The summed E-state index contributed by atoms with van der Waals surface area (Å²) in [6.07, 6.45) is 5.00. The molecule has 0 N–H and O–H groups in total. The van der Waals surface area contributed by atoms with E-state index >= 15 is 0 Å². The number of amides is 1. The molecule has 8 nitrogen and oxygen atoms in total. The van der Waals surface area contributed by atoms with E-state index in [9.17, 15) is 9.59 Å². The summed E-state index contributed by atoms with van der Waals surface area (Å²) in [5.74, 6) is 0.661. The molecule has 0 saturated heterocycles. The highest BCUT2D eigenvalue weighted by atomic mass is 16.5. The molecule has 0 radical (unpaired) electrons. The summed E-state index contributed by atoms with van der Waals surface area (Å²) in [6.45, 7) is 1.88. The molecule has 0 unspecified atom stereocenters. The van der Waals surface area contributed by atoms with Gasteiger partial charge in [0.25, 0.3) is 5.91 Å². The van der Waals surface area contributed by atoms with Gasteiger partial charge in [-0.25, -0.2) is 14.8 Å². The first-order valence-electron chi connectivity index (χ1n) is 7.22. The maximum atomic E-state index is 12.5. The number of furan rings is 1. The largest absolute Gasteiger partial charge is 0.465 e. The van der Waals surface area contributed by atoms with Gasteiger partial charge in [-0.1, -0.05) is 0 Å². The Morgan fingerprint density at radius 1 is 1.42 bits per heavy atom. The number of hydrogen-bond donors (Lipinski definition) is 0. The number of methoxy groups -OCH3 is 1. The van der Waals surface area contributed by atoms with Gasteiger partial charge < -0.3 is 14.1 Å². The first kappa shape index (κ1) is 15.7. The van der Waals surface area contributed by atoms with E-state index in [2.05, 4.69) is 14.7 Å². The number of aryl methyl sites for hydroxylation is 1. The third-order valence-corrected chi connectivity index (χ3v) is 3.57. The Morgan fingerprint density at radius 3 is 2.92 bits per heavy atom. The van der Waals surface area contributed by atoms with Gasteiger partial charge in [0.15, 0.2) is 0 Å². The average molecular weight is 328 g/mol. The van der Waals surface area contributed by atoms with Crippen LogP contribution in [0.15, 0.2) is 35.1 Å². The van der Waals surface area contributed by atoms with Crippen molar-refractivity contribution < 1.29 is 18.7 Å². The highest BCUT2D eigenvalue weighted by molar-refractivity contribution is 5.93. The van der Waals surface area contributed by atoms with Gasteiger partial charge in [-0.2, -0.15) is 0 Å². The Labute approximate surface area is 137 Å². The lowest BCUT2D eigenvalue weighted by Crippen LogP contribution is -2.26. The molecule has 3 aromatic rings. The van der Waals surface area contributed by atoms with Gasteiger partial charge in [0.1, 0.15) is 22.8 Å². The first-order valence-corrected chi connectivity index (χ1v) is 7.22. The third kappa shape index (κ3) is 2.85. The van der Waals surface area contributed by atoms with Crippen molar-refractivity contribution in [3.63, 3.8) is 0 Å². The smallest absolute Gasteiger partial charge is 0.341 e. The molecule has 8 heteroatoms. The normalized spacial score (nSPS) is 10.8. The highest BCUT2D eigenvalue weighted by Gasteiger charge is 2.20. The Morgan fingerprint density at radius 2 is 2.21 bits per heavy atom. The quantitative estimate of drug-likeness (QED) is 0.677. The Kier molecular flexibility index (Phi) is 4.03. The highest BCUT2D eigenvalue weighted by Crippen LogP contribution is 2.17. The molecule has 0 aliphatic rings. The van der Waals surface area contributed by atoms with Crippen LogP contribution in [0.2, 0.25) is 0 Å². The number of aromatic nitrogens is 3. The van der Waals surface area contributed by atoms with Crippen LogP contribution in [0.3, 0.4) is 0 Å². The van der Waals surface area contributed by atoms with Crippen LogP contribution in [0.5, 0.6) is 0 Å². The van der Waals surface area contributed by atoms with Crippen LogP contribution < -0.4 is 0 Å². The molecule has 0 aliphatic carbocycles. The lowest BCUT2D eigenvalue weighted by molar-refractivity contribution is 0.0598. The first-order chi connectivity index (χ1) is 11.5. The fourth-order valence-corrected chi connectivity index (χ4v) is 2.37. The number of nitrogens with zero attached hydrogens (tertiary/aromatic N) is 4. The zero-order valence-corrected chi connectivity index (χ0v) is 13.5. The Bertz CT molecular complexity index is 879. The number of carbonyl (C=O) groups is 2.